The predicted molar refractivity (Wildman–Crippen MR) is 83.2 cm³/mol. The van der Waals surface area contributed by atoms with E-state index in [4.69, 9.17) is 0 Å². The van der Waals surface area contributed by atoms with Gasteiger partial charge in [0.15, 0.2) is 5.12 Å². The average Bonchev–Trinajstić information content (AvgIpc) is 2.68. The molecule has 0 radical (unpaired) electrons. The Morgan fingerprint density at radius 3 is 2.89 bits per heavy atom. The largest absolute Gasteiger partial charge is 0.310 e. The minimum atomic E-state index is 0.0824. The Bertz CT molecular complexity index is 524. The van der Waals surface area contributed by atoms with Crippen molar-refractivity contribution in [2.75, 3.05) is 17.2 Å². The highest BCUT2D eigenvalue weighted by Crippen LogP contribution is 2.32. The predicted octanol–water partition coefficient (Wildman–Crippen LogP) is 3.24. The van der Waals surface area contributed by atoms with Gasteiger partial charge in [-0.2, -0.15) is 0 Å². The molecule has 1 aliphatic rings. The van der Waals surface area contributed by atoms with Crippen LogP contribution in [0.4, 0.5) is 5.69 Å². The first-order valence-corrected chi connectivity index (χ1v) is 8.30. The second-order valence-corrected chi connectivity index (χ2v) is 7.08. The molecule has 2 rings (SSSR count). The molecule has 19 heavy (non-hydrogen) atoms. The van der Waals surface area contributed by atoms with Crippen LogP contribution in [-0.2, 0) is 9.59 Å². The van der Waals surface area contributed by atoms with Crippen molar-refractivity contribution < 1.29 is 9.59 Å². The maximum absolute atomic E-state index is 12.0. The Kier molecular flexibility index (Phi) is 5.03. The van der Waals surface area contributed by atoms with Crippen LogP contribution in [-0.4, -0.2) is 28.3 Å². The summed E-state index contributed by atoms with van der Waals surface area (Å²) in [5, 5.41) is 0.0948. The number of thioether (sulfide) groups is 1. The summed E-state index contributed by atoms with van der Waals surface area (Å²) in [4.78, 5) is 29.0. The van der Waals surface area contributed by atoms with Crippen molar-refractivity contribution in [3.8, 4) is 0 Å². The molecule has 0 aliphatic carbocycles. The van der Waals surface area contributed by atoms with Gasteiger partial charge in [0.1, 0.15) is 9.21 Å². The van der Waals surface area contributed by atoms with E-state index in [1.807, 2.05) is 12.1 Å². The van der Waals surface area contributed by atoms with Crippen LogP contribution >= 0.6 is 43.6 Å². The van der Waals surface area contributed by atoms with Crippen LogP contribution in [0.1, 0.15) is 13.3 Å². The standard InChI is InChI=1S/C12H12Br2N2O2S/c1-7(17)19-6-8-4-11(18)16(5-8)9-2-3-10(13)15-12(9)14/h2-3,8H,4-6H2,1H3. The molecule has 1 aromatic rings. The lowest BCUT2D eigenvalue weighted by molar-refractivity contribution is -0.117. The molecule has 1 aromatic heterocycles. The Labute approximate surface area is 132 Å². The molecule has 0 N–H and O–H groups in total. The van der Waals surface area contributed by atoms with Crippen LogP contribution in [0.2, 0.25) is 0 Å². The zero-order valence-electron chi connectivity index (χ0n) is 10.2. The molecule has 4 nitrogen and oxygen atoms in total. The minimum Gasteiger partial charge on any atom is -0.310 e. The van der Waals surface area contributed by atoms with Gasteiger partial charge in [-0.25, -0.2) is 4.98 Å². The topological polar surface area (TPSA) is 50.3 Å². The summed E-state index contributed by atoms with van der Waals surface area (Å²) in [6.07, 6.45) is 0.489. The Balaban J connectivity index is 2.09. The molecule has 0 bridgehead atoms. The van der Waals surface area contributed by atoms with Crippen molar-refractivity contribution in [3.63, 3.8) is 0 Å². The molecule has 1 fully saturated rings. The number of aromatic nitrogens is 1. The van der Waals surface area contributed by atoms with Crippen molar-refractivity contribution in [1.82, 2.24) is 4.98 Å². The van der Waals surface area contributed by atoms with Gasteiger partial charge in [0.2, 0.25) is 5.91 Å². The van der Waals surface area contributed by atoms with Gasteiger partial charge in [-0.3, -0.25) is 9.59 Å². The van der Waals surface area contributed by atoms with Gasteiger partial charge in [0.25, 0.3) is 0 Å². The fraction of sp³-hybridized carbons (Fsp3) is 0.417. The van der Waals surface area contributed by atoms with Crippen LogP contribution in [0.15, 0.2) is 21.3 Å². The van der Waals surface area contributed by atoms with E-state index in [9.17, 15) is 9.59 Å². The summed E-state index contributed by atoms with van der Waals surface area (Å²) < 4.78 is 1.37. The molecule has 1 saturated heterocycles. The summed E-state index contributed by atoms with van der Waals surface area (Å²) in [7, 11) is 0. The third kappa shape index (κ3) is 3.79. The van der Waals surface area contributed by atoms with Crippen molar-refractivity contribution in [2.24, 2.45) is 5.92 Å². The van der Waals surface area contributed by atoms with Gasteiger partial charge >= 0.3 is 0 Å². The fourth-order valence-corrected chi connectivity index (χ4v) is 3.75. The normalized spacial score (nSPS) is 19.0. The third-order valence-corrected chi connectivity index (χ3v) is 4.88. The molecule has 102 valence electrons. The van der Waals surface area contributed by atoms with Crippen molar-refractivity contribution in [2.45, 2.75) is 13.3 Å². The number of hydrogen-bond acceptors (Lipinski definition) is 4. The number of anilines is 1. The van der Waals surface area contributed by atoms with E-state index in [2.05, 4.69) is 36.8 Å². The van der Waals surface area contributed by atoms with Gasteiger partial charge in [-0.15, -0.1) is 0 Å². The smallest absolute Gasteiger partial charge is 0.227 e. The zero-order chi connectivity index (χ0) is 14.0. The number of amides is 1. The van der Waals surface area contributed by atoms with E-state index < -0.39 is 0 Å². The zero-order valence-corrected chi connectivity index (χ0v) is 14.2. The summed E-state index contributed by atoms with van der Waals surface area (Å²) in [5.74, 6) is 0.995. The lowest BCUT2D eigenvalue weighted by Gasteiger charge is -2.17. The first-order valence-electron chi connectivity index (χ1n) is 5.73. The first kappa shape index (κ1) is 15.0. The average molecular weight is 408 g/mol. The second kappa shape index (κ2) is 6.37. The van der Waals surface area contributed by atoms with Crippen molar-refractivity contribution in [3.05, 3.63) is 21.3 Å². The van der Waals surface area contributed by atoms with E-state index >= 15 is 0 Å². The van der Waals surface area contributed by atoms with E-state index in [1.165, 1.54) is 11.8 Å². The molecule has 1 atom stereocenters. The summed E-state index contributed by atoms with van der Waals surface area (Å²) in [6.45, 7) is 2.19. The SMILES string of the molecule is CC(=O)SCC1CC(=O)N(c2ccc(Br)nc2Br)C1. The lowest BCUT2D eigenvalue weighted by Crippen LogP contribution is -2.25. The van der Waals surface area contributed by atoms with Crippen LogP contribution in [0, 0.1) is 5.92 Å². The summed E-state index contributed by atoms with van der Waals surface area (Å²) >= 11 is 7.94. The van der Waals surface area contributed by atoms with Gasteiger partial charge in [0.05, 0.1) is 5.69 Å². The third-order valence-electron chi connectivity index (χ3n) is 2.81. The quantitative estimate of drug-likeness (QED) is 0.721. The molecule has 0 saturated carbocycles. The monoisotopic (exact) mass is 406 g/mol. The highest BCUT2D eigenvalue weighted by molar-refractivity contribution is 9.11. The molecular weight excluding hydrogens is 396 g/mol. The highest BCUT2D eigenvalue weighted by Gasteiger charge is 2.32. The van der Waals surface area contributed by atoms with Crippen LogP contribution < -0.4 is 4.90 Å². The van der Waals surface area contributed by atoms with E-state index in [-0.39, 0.29) is 16.9 Å². The molecular formula is C12H12Br2N2O2S. The van der Waals surface area contributed by atoms with Gasteiger partial charge in [-0.05, 0) is 49.9 Å². The number of nitrogens with zero attached hydrogens (tertiary/aromatic N) is 2. The minimum absolute atomic E-state index is 0.0824. The Morgan fingerprint density at radius 1 is 1.53 bits per heavy atom. The Morgan fingerprint density at radius 2 is 2.26 bits per heavy atom. The number of pyridine rings is 1. The van der Waals surface area contributed by atoms with Gasteiger partial charge < -0.3 is 4.90 Å². The van der Waals surface area contributed by atoms with Crippen LogP contribution in [0.5, 0.6) is 0 Å². The number of rotatable bonds is 3. The molecule has 1 amide bonds. The summed E-state index contributed by atoms with van der Waals surface area (Å²) in [5.41, 5.74) is 0.781. The van der Waals surface area contributed by atoms with Gasteiger partial charge in [0, 0.05) is 25.6 Å². The molecule has 2 heterocycles. The molecule has 1 aliphatic heterocycles. The van der Waals surface area contributed by atoms with Crippen LogP contribution in [0.25, 0.3) is 0 Å². The second-order valence-electron chi connectivity index (χ2n) is 4.32. The van der Waals surface area contributed by atoms with E-state index in [1.54, 1.807) is 11.8 Å². The number of carbonyl (C=O) groups excluding carboxylic acids is 2. The fourth-order valence-electron chi connectivity index (χ4n) is 1.97. The van der Waals surface area contributed by atoms with E-state index in [0.717, 1.165) is 10.3 Å². The number of halogens is 2. The van der Waals surface area contributed by atoms with Crippen molar-refractivity contribution in [1.29, 1.82) is 0 Å². The molecule has 7 heteroatoms. The van der Waals surface area contributed by atoms with E-state index in [0.29, 0.717) is 23.3 Å². The maximum atomic E-state index is 12.0. The summed E-state index contributed by atoms with van der Waals surface area (Å²) in [6, 6.07) is 3.67. The van der Waals surface area contributed by atoms with Gasteiger partial charge in [-0.1, -0.05) is 11.8 Å². The maximum Gasteiger partial charge on any atom is 0.227 e. The lowest BCUT2D eigenvalue weighted by atomic mass is 10.1. The Hall–Kier alpha value is -0.400. The molecule has 1 unspecified atom stereocenters. The number of hydrogen-bond donors (Lipinski definition) is 0. The number of carbonyl (C=O) groups is 2. The first-order chi connectivity index (χ1) is 8.97. The van der Waals surface area contributed by atoms with Crippen molar-refractivity contribution >= 4 is 60.3 Å². The molecule has 0 spiro atoms. The molecule has 0 aromatic carbocycles. The highest BCUT2D eigenvalue weighted by atomic mass is 79.9. The van der Waals surface area contributed by atoms with Crippen LogP contribution in [0.3, 0.4) is 0 Å².